The minimum absolute atomic E-state index is 0.131. The summed E-state index contributed by atoms with van der Waals surface area (Å²) in [4.78, 5) is 11.9. The molecule has 1 unspecified atom stereocenters. The van der Waals surface area contributed by atoms with E-state index in [0.29, 0.717) is 12.6 Å². The van der Waals surface area contributed by atoms with Crippen molar-refractivity contribution in [1.82, 2.24) is 10.6 Å². The largest absolute Gasteiger partial charge is 0.352 e. The first kappa shape index (κ1) is 13.6. The Bertz CT molecular complexity index is 505. The van der Waals surface area contributed by atoms with Crippen LogP contribution in [-0.2, 0) is 11.2 Å². The maximum Gasteiger partial charge on any atom is 0.234 e. The van der Waals surface area contributed by atoms with Crippen molar-refractivity contribution >= 4 is 5.91 Å². The number of hydrogen-bond donors (Lipinski definition) is 2. The molecule has 3 nitrogen and oxygen atoms in total. The highest BCUT2D eigenvalue weighted by Crippen LogP contribution is 2.43. The van der Waals surface area contributed by atoms with Crippen LogP contribution >= 0.6 is 0 Å². The molecule has 0 saturated heterocycles. The van der Waals surface area contributed by atoms with E-state index in [1.165, 1.54) is 11.1 Å². The van der Waals surface area contributed by atoms with Crippen LogP contribution in [0.5, 0.6) is 0 Å². The molecule has 1 amide bonds. The van der Waals surface area contributed by atoms with Crippen LogP contribution < -0.4 is 10.6 Å². The van der Waals surface area contributed by atoms with Crippen molar-refractivity contribution in [2.24, 2.45) is 5.41 Å². The summed E-state index contributed by atoms with van der Waals surface area (Å²) in [5, 5.41) is 6.53. The van der Waals surface area contributed by atoms with E-state index >= 15 is 0 Å². The first-order valence-corrected chi connectivity index (χ1v) is 7.67. The highest BCUT2D eigenvalue weighted by molar-refractivity contribution is 5.78. The molecule has 0 heterocycles. The molecule has 3 rings (SSSR count). The minimum atomic E-state index is 0.131. The van der Waals surface area contributed by atoms with Gasteiger partial charge in [-0.15, -0.1) is 0 Å². The summed E-state index contributed by atoms with van der Waals surface area (Å²) in [6.07, 6.45) is 4.58. The highest BCUT2D eigenvalue weighted by Gasteiger charge is 2.35. The van der Waals surface area contributed by atoms with E-state index in [4.69, 9.17) is 0 Å². The summed E-state index contributed by atoms with van der Waals surface area (Å²) in [5.41, 5.74) is 2.98. The number of carbonyl (C=O) groups excluding carboxylic acids is 1. The fraction of sp³-hybridized carbons (Fsp3) is 0.588. The van der Waals surface area contributed by atoms with Crippen molar-refractivity contribution in [3.8, 4) is 0 Å². The zero-order chi connectivity index (χ0) is 14.2. The summed E-state index contributed by atoms with van der Waals surface area (Å²) in [5.74, 6) is 0.131. The number of benzene rings is 1. The second kappa shape index (κ2) is 5.21. The fourth-order valence-corrected chi connectivity index (χ4v) is 3.15. The quantitative estimate of drug-likeness (QED) is 0.884. The third-order valence-electron chi connectivity index (χ3n) is 4.60. The Morgan fingerprint density at radius 2 is 2.05 bits per heavy atom. The Kier molecular flexibility index (Phi) is 3.55. The maximum atomic E-state index is 11.9. The normalized spacial score (nSPS) is 24.0. The van der Waals surface area contributed by atoms with Gasteiger partial charge in [-0.25, -0.2) is 0 Å². The number of aryl methyl sites for hydroxylation is 1. The SMILES string of the molecule is CC1(C)CCc2ccccc2C1NCC(=O)NC1CC1. The lowest BCUT2D eigenvalue weighted by Crippen LogP contribution is -2.43. The second-order valence-electron chi connectivity index (χ2n) is 6.84. The summed E-state index contributed by atoms with van der Waals surface area (Å²) >= 11 is 0. The van der Waals surface area contributed by atoms with E-state index < -0.39 is 0 Å². The molecule has 20 heavy (non-hydrogen) atoms. The number of nitrogens with one attached hydrogen (secondary N) is 2. The smallest absolute Gasteiger partial charge is 0.234 e. The van der Waals surface area contributed by atoms with Gasteiger partial charge in [0.2, 0.25) is 5.91 Å². The van der Waals surface area contributed by atoms with Crippen molar-refractivity contribution in [1.29, 1.82) is 0 Å². The number of carbonyl (C=O) groups is 1. The third kappa shape index (κ3) is 2.88. The van der Waals surface area contributed by atoms with Crippen LogP contribution in [0.3, 0.4) is 0 Å². The topological polar surface area (TPSA) is 41.1 Å². The molecule has 0 spiro atoms. The lowest BCUT2D eigenvalue weighted by atomic mass is 9.70. The van der Waals surface area contributed by atoms with Crippen molar-refractivity contribution in [2.45, 2.75) is 51.6 Å². The van der Waals surface area contributed by atoms with Crippen LogP contribution in [-0.4, -0.2) is 18.5 Å². The Morgan fingerprint density at radius 1 is 1.30 bits per heavy atom. The van der Waals surface area contributed by atoms with Crippen LogP contribution in [0, 0.1) is 5.41 Å². The van der Waals surface area contributed by atoms with E-state index in [0.717, 1.165) is 25.7 Å². The lowest BCUT2D eigenvalue weighted by Gasteiger charge is -2.40. The van der Waals surface area contributed by atoms with Crippen LogP contribution in [0.2, 0.25) is 0 Å². The molecule has 2 aliphatic carbocycles. The summed E-state index contributed by atoms with van der Waals surface area (Å²) in [6, 6.07) is 9.32. The molecule has 1 aromatic carbocycles. The molecule has 2 aliphatic rings. The molecule has 3 heteroatoms. The van der Waals surface area contributed by atoms with Gasteiger partial charge in [0.05, 0.1) is 6.54 Å². The molecule has 0 aliphatic heterocycles. The van der Waals surface area contributed by atoms with E-state index in [1.54, 1.807) is 0 Å². The number of amides is 1. The van der Waals surface area contributed by atoms with Crippen molar-refractivity contribution < 1.29 is 4.79 Å². The molecule has 108 valence electrons. The van der Waals surface area contributed by atoms with Crippen molar-refractivity contribution in [3.05, 3.63) is 35.4 Å². The van der Waals surface area contributed by atoms with Gasteiger partial charge in [0, 0.05) is 12.1 Å². The zero-order valence-electron chi connectivity index (χ0n) is 12.4. The van der Waals surface area contributed by atoms with E-state index in [2.05, 4.69) is 48.7 Å². The molecule has 0 radical (unpaired) electrons. The molecule has 2 N–H and O–H groups in total. The molecule has 1 aromatic rings. The van der Waals surface area contributed by atoms with Gasteiger partial charge in [-0.2, -0.15) is 0 Å². The second-order valence-corrected chi connectivity index (χ2v) is 6.84. The lowest BCUT2D eigenvalue weighted by molar-refractivity contribution is -0.120. The van der Waals surface area contributed by atoms with Gasteiger partial charge in [0.25, 0.3) is 0 Å². The Balaban J connectivity index is 1.70. The standard InChI is InChI=1S/C17H24N2O/c1-17(2)10-9-12-5-3-4-6-14(12)16(17)18-11-15(20)19-13-7-8-13/h3-6,13,16,18H,7-11H2,1-2H3,(H,19,20). The zero-order valence-corrected chi connectivity index (χ0v) is 12.4. The predicted molar refractivity (Wildman–Crippen MR) is 80.5 cm³/mol. The van der Waals surface area contributed by atoms with Gasteiger partial charge in [0.15, 0.2) is 0 Å². The molecule has 1 saturated carbocycles. The molecule has 0 aromatic heterocycles. The number of hydrogen-bond acceptors (Lipinski definition) is 2. The maximum absolute atomic E-state index is 11.9. The van der Waals surface area contributed by atoms with Gasteiger partial charge >= 0.3 is 0 Å². The Labute approximate surface area is 121 Å². The van der Waals surface area contributed by atoms with Crippen LogP contribution in [0.15, 0.2) is 24.3 Å². The average molecular weight is 272 g/mol. The van der Waals surface area contributed by atoms with Crippen molar-refractivity contribution in [2.75, 3.05) is 6.54 Å². The summed E-state index contributed by atoms with van der Waals surface area (Å²) in [6.45, 7) is 5.00. The number of rotatable bonds is 4. The van der Waals surface area contributed by atoms with Crippen molar-refractivity contribution in [3.63, 3.8) is 0 Å². The Morgan fingerprint density at radius 3 is 2.80 bits per heavy atom. The highest BCUT2D eigenvalue weighted by atomic mass is 16.2. The molecular formula is C17H24N2O. The predicted octanol–water partition coefficient (Wildman–Crippen LogP) is 2.57. The summed E-state index contributed by atoms with van der Waals surface area (Å²) in [7, 11) is 0. The fourth-order valence-electron chi connectivity index (χ4n) is 3.15. The first-order chi connectivity index (χ1) is 9.56. The van der Waals surface area contributed by atoms with Gasteiger partial charge < -0.3 is 10.6 Å². The first-order valence-electron chi connectivity index (χ1n) is 7.67. The number of fused-ring (bicyclic) bond motifs is 1. The van der Waals surface area contributed by atoms with Crippen LogP contribution in [0.25, 0.3) is 0 Å². The minimum Gasteiger partial charge on any atom is -0.352 e. The van der Waals surface area contributed by atoms with E-state index in [1.807, 2.05) is 0 Å². The molecule has 1 atom stereocenters. The van der Waals surface area contributed by atoms with E-state index in [9.17, 15) is 4.79 Å². The van der Waals surface area contributed by atoms with Crippen LogP contribution in [0.4, 0.5) is 0 Å². The average Bonchev–Trinajstić information content (AvgIpc) is 3.21. The monoisotopic (exact) mass is 272 g/mol. The van der Waals surface area contributed by atoms with Gasteiger partial charge in [0.1, 0.15) is 0 Å². The molecular weight excluding hydrogens is 248 g/mol. The van der Waals surface area contributed by atoms with Gasteiger partial charge in [-0.3, -0.25) is 4.79 Å². The molecule has 1 fully saturated rings. The van der Waals surface area contributed by atoms with Gasteiger partial charge in [-0.1, -0.05) is 38.1 Å². The van der Waals surface area contributed by atoms with Gasteiger partial charge in [-0.05, 0) is 42.2 Å². The summed E-state index contributed by atoms with van der Waals surface area (Å²) < 4.78 is 0. The van der Waals surface area contributed by atoms with Crippen LogP contribution in [0.1, 0.15) is 50.3 Å². The van der Waals surface area contributed by atoms with E-state index in [-0.39, 0.29) is 17.4 Å². The molecule has 0 bridgehead atoms. The Hall–Kier alpha value is -1.35. The third-order valence-corrected chi connectivity index (χ3v) is 4.60.